The second-order valence-electron chi connectivity index (χ2n) is 7.29. The molecule has 2 heterocycles. The van der Waals surface area contributed by atoms with Crippen LogP contribution >= 0.6 is 11.3 Å². The quantitative estimate of drug-likeness (QED) is 0.308. The SMILES string of the molecule is CN(C)CCCCCCOc1nc(-c2ccccc2)ccc1C(=O)c1cccs1. The second-order valence-corrected chi connectivity index (χ2v) is 8.24. The van der Waals surface area contributed by atoms with Crippen LogP contribution in [-0.4, -0.2) is 42.9 Å². The molecular formula is C24H28N2O2S. The number of aromatic nitrogens is 1. The van der Waals surface area contributed by atoms with Gasteiger partial charge in [0.15, 0.2) is 0 Å². The number of carbonyl (C=O) groups is 1. The van der Waals surface area contributed by atoms with E-state index in [0.29, 0.717) is 22.9 Å². The molecule has 5 heteroatoms. The molecule has 0 fully saturated rings. The molecule has 0 amide bonds. The molecule has 0 bridgehead atoms. The maximum absolute atomic E-state index is 12.9. The number of pyridine rings is 1. The van der Waals surface area contributed by atoms with E-state index in [1.54, 1.807) is 0 Å². The van der Waals surface area contributed by atoms with Crippen LogP contribution in [0, 0.1) is 0 Å². The first-order chi connectivity index (χ1) is 14.1. The van der Waals surface area contributed by atoms with E-state index in [9.17, 15) is 4.79 Å². The average molecular weight is 409 g/mol. The van der Waals surface area contributed by atoms with E-state index in [1.807, 2.05) is 60.0 Å². The Morgan fingerprint density at radius 2 is 1.76 bits per heavy atom. The highest BCUT2D eigenvalue weighted by Crippen LogP contribution is 2.26. The van der Waals surface area contributed by atoms with Gasteiger partial charge in [0.1, 0.15) is 0 Å². The summed E-state index contributed by atoms with van der Waals surface area (Å²) in [5, 5.41) is 1.91. The molecule has 0 saturated carbocycles. The Morgan fingerprint density at radius 3 is 2.48 bits per heavy atom. The lowest BCUT2D eigenvalue weighted by molar-refractivity contribution is 0.103. The molecule has 0 radical (unpaired) electrons. The summed E-state index contributed by atoms with van der Waals surface area (Å²) in [6, 6.07) is 17.4. The maximum atomic E-state index is 12.9. The van der Waals surface area contributed by atoms with Gasteiger partial charge in [-0.15, -0.1) is 11.3 Å². The minimum atomic E-state index is -0.0342. The van der Waals surface area contributed by atoms with Crippen molar-refractivity contribution < 1.29 is 9.53 Å². The van der Waals surface area contributed by atoms with Crippen molar-refractivity contribution >= 4 is 17.1 Å². The van der Waals surface area contributed by atoms with Crippen molar-refractivity contribution in [3.63, 3.8) is 0 Å². The Kier molecular flexibility index (Phi) is 7.96. The van der Waals surface area contributed by atoms with Crippen molar-refractivity contribution in [2.45, 2.75) is 25.7 Å². The summed E-state index contributed by atoms with van der Waals surface area (Å²) in [6.07, 6.45) is 4.44. The summed E-state index contributed by atoms with van der Waals surface area (Å²) < 4.78 is 6.01. The molecule has 152 valence electrons. The molecule has 3 rings (SSSR count). The summed E-state index contributed by atoms with van der Waals surface area (Å²) in [6.45, 7) is 1.68. The van der Waals surface area contributed by atoms with Crippen LogP contribution in [-0.2, 0) is 0 Å². The summed E-state index contributed by atoms with van der Waals surface area (Å²) >= 11 is 1.44. The van der Waals surface area contributed by atoms with Gasteiger partial charge in [-0.05, 0) is 57.1 Å². The lowest BCUT2D eigenvalue weighted by atomic mass is 10.1. The van der Waals surface area contributed by atoms with Crippen molar-refractivity contribution in [3.05, 3.63) is 70.4 Å². The molecule has 3 aromatic rings. The van der Waals surface area contributed by atoms with Gasteiger partial charge in [-0.1, -0.05) is 49.2 Å². The predicted octanol–water partition coefficient (Wildman–Crippen LogP) is 5.54. The van der Waals surface area contributed by atoms with Crippen LogP contribution in [0.15, 0.2) is 60.0 Å². The number of carbonyl (C=O) groups excluding carboxylic acids is 1. The smallest absolute Gasteiger partial charge is 0.225 e. The largest absolute Gasteiger partial charge is 0.477 e. The Hall–Kier alpha value is -2.50. The zero-order valence-electron chi connectivity index (χ0n) is 17.1. The Balaban J connectivity index is 1.70. The fraction of sp³-hybridized carbons (Fsp3) is 0.333. The lowest BCUT2D eigenvalue weighted by Gasteiger charge is -2.12. The standard InChI is InChI=1S/C24H28N2O2S/c1-26(2)16-8-3-4-9-17-28-24-20(23(27)22-13-10-18-29-22)14-15-21(25-24)19-11-6-5-7-12-19/h5-7,10-15,18H,3-4,8-9,16-17H2,1-2H3. The molecule has 0 N–H and O–H groups in total. The number of ketones is 1. The van der Waals surface area contributed by atoms with Gasteiger partial charge >= 0.3 is 0 Å². The molecular weight excluding hydrogens is 380 g/mol. The summed E-state index contributed by atoms with van der Waals surface area (Å²) in [5.41, 5.74) is 2.35. The summed E-state index contributed by atoms with van der Waals surface area (Å²) in [4.78, 5) is 20.5. The highest BCUT2D eigenvalue weighted by atomic mass is 32.1. The second kappa shape index (κ2) is 10.9. The van der Waals surface area contributed by atoms with E-state index in [1.165, 1.54) is 24.2 Å². The first-order valence-corrected chi connectivity index (χ1v) is 11.0. The molecule has 0 saturated heterocycles. The molecule has 1 aromatic carbocycles. The number of ether oxygens (including phenoxy) is 1. The third-order valence-corrected chi connectivity index (χ3v) is 5.53. The average Bonchev–Trinajstić information content (AvgIpc) is 3.28. The van der Waals surface area contributed by atoms with Gasteiger partial charge < -0.3 is 9.64 Å². The fourth-order valence-electron chi connectivity index (χ4n) is 3.09. The molecule has 0 aliphatic carbocycles. The van der Waals surface area contributed by atoms with Crippen LogP contribution in [0.5, 0.6) is 5.88 Å². The third kappa shape index (κ3) is 6.24. The summed E-state index contributed by atoms with van der Waals surface area (Å²) in [7, 11) is 4.20. The van der Waals surface area contributed by atoms with Crippen LogP contribution in [0.3, 0.4) is 0 Å². The van der Waals surface area contributed by atoms with Crippen molar-refractivity contribution in [1.29, 1.82) is 0 Å². The van der Waals surface area contributed by atoms with Crippen molar-refractivity contribution in [2.24, 2.45) is 0 Å². The molecule has 2 aromatic heterocycles. The molecule has 0 aliphatic heterocycles. The van der Waals surface area contributed by atoms with Gasteiger partial charge in [-0.3, -0.25) is 4.79 Å². The molecule has 0 unspecified atom stereocenters. The minimum absolute atomic E-state index is 0.0342. The zero-order valence-corrected chi connectivity index (χ0v) is 18.0. The van der Waals surface area contributed by atoms with Crippen LogP contribution in [0.1, 0.15) is 40.9 Å². The number of benzene rings is 1. The fourth-order valence-corrected chi connectivity index (χ4v) is 3.76. The topological polar surface area (TPSA) is 42.4 Å². The Labute approximate surface area is 177 Å². The monoisotopic (exact) mass is 408 g/mol. The molecule has 29 heavy (non-hydrogen) atoms. The van der Waals surface area contributed by atoms with Gasteiger partial charge in [-0.2, -0.15) is 0 Å². The van der Waals surface area contributed by atoms with E-state index in [2.05, 4.69) is 24.0 Å². The highest BCUT2D eigenvalue weighted by molar-refractivity contribution is 7.12. The number of hydrogen-bond acceptors (Lipinski definition) is 5. The first-order valence-electron chi connectivity index (χ1n) is 10.1. The van der Waals surface area contributed by atoms with Crippen LogP contribution in [0.2, 0.25) is 0 Å². The van der Waals surface area contributed by atoms with Crippen molar-refractivity contribution in [3.8, 4) is 17.1 Å². The summed E-state index contributed by atoms with van der Waals surface area (Å²) in [5.74, 6) is 0.395. The van der Waals surface area contributed by atoms with Crippen LogP contribution in [0.25, 0.3) is 11.3 Å². The normalized spacial score (nSPS) is 11.0. The Morgan fingerprint density at radius 1 is 0.966 bits per heavy atom. The predicted molar refractivity (Wildman–Crippen MR) is 120 cm³/mol. The van der Waals surface area contributed by atoms with Crippen molar-refractivity contribution in [2.75, 3.05) is 27.2 Å². The highest BCUT2D eigenvalue weighted by Gasteiger charge is 2.18. The lowest BCUT2D eigenvalue weighted by Crippen LogP contribution is -2.12. The number of thiophene rings is 1. The number of nitrogens with zero attached hydrogens (tertiary/aromatic N) is 2. The van der Waals surface area contributed by atoms with E-state index in [4.69, 9.17) is 4.74 Å². The van der Waals surface area contributed by atoms with Gasteiger partial charge in [-0.25, -0.2) is 4.98 Å². The van der Waals surface area contributed by atoms with Gasteiger partial charge in [0.25, 0.3) is 0 Å². The minimum Gasteiger partial charge on any atom is -0.477 e. The Bertz CT molecular complexity index is 893. The van der Waals surface area contributed by atoms with E-state index in [0.717, 1.165) is 30.6 Å². The van der Waals surface area contributed by atoms with Gasteiger partial charge in [0.05, 0.1) is 22.7 Å². The van der Waals surface area contributed by atoms with E-state index in [-0.39, 0.29) is 5.78 Å². The zero-order chi connectivity index (χ0) is 20.5. The number of unbranched alkanes of at least 4 members (excludes halogenated alkanes) is 3. The van der Waals surface area contributed by atoms with E-state index < -0.39 is 0 Å². The van der Waals surface area contributed by atoms with Gasteiger partial charge in [0, 0.05) is 5.56 Å². The molecule has 0 aliphatic rings. The van der Waals surface area contributed by atoms with Crippen LogP contribution < -0.4 is 4.74 Å². The molecule has 0 spiro atoms. The van der Waals surface area contributed by atoms with Gasteiger partial charge in [0.2, 0.25) is 11.7 Å². The first kappa shape index (κ1) is 21.2. The van der Waals surface area contributed by atoms with Crippen molar-refractivity contribution in [1.82, 2.24) is 9.88 Å². The molecule has 0 atom stereocenters. The third-order valence-electron chi connectivity index (χ3n) is 4.66. The maximum Gasteiger partial charge on any atom is 0.225 e. The van der Waals surface area contributed by atoms with E-state index >= 15 is 0 Å². The molecule has 4 nitrogen and oxygen atoms in total. The number of rotatable bonds is 11. The van der Waals surface area contributed by atoms with Crippen LogP contribution in [0.4, 0.5) is 0 Å². The number of hydrogen-bond donors (Lipinski definition) is 0.